The fourth-order valence-corrected chi connectivity index (χ4v) is 1.60. The third-order valence-corrected chi connectivity index (χ3v) is 2.74. The van der Waals surface area contributed by atoms with E-state index in [1.54, 1.807) is 0 Å². The molecule has 0 aromatic rings. The van der Waals surface area contributed by atoms with E-state index in [9.17, 15) is 9.59 Å². The molecule has 0 spiro atoms. The zero-order valence-corrected chi connectivity index (χ0v) is 11.0. The Labute approximate surface area is 107 Å². The van der Waals surface area contributed by atoms with Crippen LogP contribution in [0.3, 0.4) is 0 Å². The number of nitrogens with two attached hydrogens (primary N) is 4. The van der Waals surface area contributed by atoms with Crippen molar-refractivity contribution >= 4 is 12.1 Å². The molecule has 8 nitrogen and oxygen atoms in total. The van der Waals surface area contributed by atoms with Crippen LogP contribution in [-0.2, 0) is 0 Å². The van der Waals surface area contributed by atoms with Gasteiger partial charge in [0, 0.05) is 13.1 Å². The predicted molar refractivity (Wildman–Crippen MR) is 68.5 cm³/mol. The summed E-state index contributed by atoms with van der Waals surface area (Å²) in [6, 6.07) is -1.28. The lowest BCUT2D eigenvalue weighted by Crippen LogP contribution is -2.44. The molecule has 0 saturated carbocycles. The number of rotatable bonds is 7. The number of carbonyl (C=O) groups is 2. The van der Waals surface area contributed by atoms with Crippen molar-refractivity contribution in [3.63, 3.8) is 0 Å². The number of carbonyl (C=O) groups excluding carboxylic acids is 2. The minimum Gasteiger partial charge on any atom is -0.350 e. The monoisotopic (exact) mass is 260 g/mol. The fourth-order valence-electron chi connectivity index (χ4n) is 1.60. The molecule has 0 heterocycles. The van der Waals surface area contributed by atoms with Gasteiger partial charge in [-0.25, -0.2) is 21.3 Å². The van der Waals surface area contributed by atoms with Crippen molar-refractivity contribution < 1.29 is 9.59 Å². The highest BCUT2D eigenvalue weighted by Gasteiger charge is 2.14. The molecule has 4 amide bonds. The summed E-state index contributed by atoms with van der Waals surface area (Å²) in [5, 5.41) is 1.99. The normalized spacial score (nSPS) is 13.8. The van der Waals surface area contributed by atoms with Crippen LogP contribution in [-0.4, -0.2) is 35.2 Å². The average molecular weight is 260 g/mol. The Morgan fingerprint density at radius 1 is 0.889 bits per heavy atom. The summed E-state index contributed by atoms with van der Waals surface area (Å²) in [7, 11) is 0. The first kappa shape index (κ1) is 16.5. The smallest absolute Gasteiger partial charge is 0.328 e. The van der Waals surface area contributed by atoms with Gasteiger partial charge in [-0.05, 0) is 24.7 Å². The highest BCUT2D eigenvalue weighted by Crippen LogP contribution is 2.13. The summed E-state index contributed by atoms with van der Waals surface area (Å²) in [6.07, 6.45) is 1.71. The molecule has 0 aromatic heterocycles. The third-order valence-electron chi connectivity index (χ3n) is 2.74. The number of urea groups is 2. The maximum atomic E-state index is 10.7. The average Bonchev–Trinajstić information content (AvgIpc) is 2.25. The molecule has 0 rings (SSSR count). The van der Waals surface area contributed by atoms with Gasteiger partial charge in [-0.1, -0.05) is 13.8 Å². The summed E-state index contributed by atoms with van der Waals surface area (Å²) >= 11 is 0. The summed E-state index contributed by atoms with van der Waals surface area (Å²) in [4.78, 5) is 21.5. The van der Waals surface area contributed by atoms with Crippen LogP contribution in [0.15, 0.2) is 0 Å². The zero-order valence-electron chi connectivity index (χ0n) is 11.0. The van der Waals surface area contributed by atoms with Crippen LogP contribution < -0.4 is 23.2 Å². The summed E-state index contributed by atoms with van der Waals surface area (Å²) in [5.41, 5.74) is 10.1. The Kier molecular flexibility index (Phi) is 7.06. The van der Waals surface area contributed by atoms with Crippen molar-refractivity contribution in [2.75, 3.05) is 13.1 Å². The lowest BCUT2D eigenvalue weighted by atomic mass is 9.98. The van der Waals surface area contributed by atoms with Crippen LogP contribution in [0.25, 0.3) is 0 Å². The molecule has 18 heavy (non-hydrogen) atoms. The van der Waals surface area contributed by atoms with Gasteiger partial charge in [-0.15, -0.1) is 0 Å². The van der Waals surface area contributed by atoms with Crippen LogP contribution in [0.4, 0.5) is 9.59 Å². The molecular formula is C10H24N6O2. The van der Waals surface area contributed by atoms with Crippen LogP contribution in [0, 0.1) is 11.8 Å². The van der Waals surface area contributed by atoms with Crippen LogP contribution >= 0.6 is 0 Å². The van der Waals surface area contributed by atoms with Crippen molar-refractivity contribution in [3.05, 3.63) is 0 Å². The molecule has 0 aromatic carbocycles. The molecule has 0 aliphatic rings. The fraction of sp³-hybridized carbons (Fsp3) is 0.800. The number of hydrogen-bond donors (Lipinski definition) is 4. The van der Waals surface area contributed by atoms with Gasteiger partial charge < -0.3 is 11.5 Å². The number of amides is 4. The molecule has 0 bridgehead atoms. The number of primary amides is 2. The largest absolute Gasteiger partial charge is 0.350 e. The molecule has 0 saturated heterocycles. The molecule has 0 aliphatic heterocycles. The third kappa shape index (κ3) is 6.92. The van der Waals surface area contributed by atoms with E-state index < -0.39 is 12.1 Å². The SMILES string of the molecule is CC(CCC(C)CN(N)C(N)=O)CN(N)C(N)=O. The van der Waals surface area contributed by atoms with Gasteiger partial charge in [0.2, 0.25) is 0 Å². The summed E-state index contributed by atoms with van der Waals surface area (Å²) in [6.45, 7) is 4.77. The first-order valence-corrected chi connectivity index (χ1v) is 5.87. The maximum absolute atomic E-state index is 10.7. The molecule has 2 atom stereocenters. The van der Waals surface area contributed by atoms with Crippen LogP contribution in [0.5, 0.6) is 0 Å². The molecule has 0 fully saturated rings. The minimum atomic E-state index is -0.642. The van der Waals surface area contributed by atoms with Gasteiger partial charge in [0.15, 0.2) is 0 Å². The second kappa shape index (κ2) is 7.72. The molecule has 0 aliphatic carbocycles. The first-order valence-electron chi connectivity index (χ1n) is 5.87. The van der Waals surface area contributed by atoms with Crippen molar-refractivity contribution in [2.24, 2.45) is 35.0 Å². The number of hydrazine groups is 2. The molecule has 106 valence electrons. The van der Waals surface area contributed by atoms with Crippen LogP contribution in [0.1, 0.15) is 26.7 Å². The molecule has 8 heteroatoms. The lowest BCUT2D eigenvalue weighted by molar-refractivity contribution is 0.190. The topological polar surface area (TPSA) is 145 Å². The van der Waals surface area contributed by atoms with Crippen molar-refractivity contribution in [1.29, 1.82) is 0 Å². The maximum Gasteiger partial charge on any atom is 0.328 e. The Bertz CT molecular complexity index is 258. The van der Waals surface area contributed by atoms with E-state index in [2.05, 4.69) is 0 Å². The number of nitrogens with zero attached hydrogens (tertiary/aromatic N) is 2. The van der Waals surface area contributed by atoms with Crippen molar-refractivity contribution in [1.82, 2.24) is 10.0 Å². The minimum absolute atomic E-state index is 0.227. The van der Waals surface area contributed by atoms with E-state index in [-0.39, 0.29) is 11.8 Å². The van der Waals surface area contributed by atoms with Gasteiger partial charge in [-0.2, -0.15) is 0 Å². The Hall–Kier alpha value is -1.54. The molecule has 0 radical (unpaired) electrons. The second-order valence-corrected chi connectivity index (χ2v) is 4.77. The molecule has 2 unspecified atom stereocenters. The molecule has 8 N–H and O–H groups in total. The lowest BCUT2D eigenvalue weighted by Gasteiger charge is -2.22. The highest BCUT2D eigenvalue weighted by molar-refractivity contribution is 5.71. The second-order valence-electron chi connectivity index (χ2n) is 4.77. The summed E-state index contributed by atoms with van der Waals surface area (Å²) < 4.78 is 0. The standard InChI is InChI=1S/C10H24N6O2/c1-7(5-15(13)9(11)17)3-4-8(2)6-16(14)10(12)18/h7-8H,3-6,13-14H2,1-2H3,(H2,11,17)(H2,12,18). The zero-order chi connectivity index (χ0) is 14.3. The van der Waals surface area contributed by atoms with Gasteiger partial charge in [0.25, 0.3) is 0 Å². The van der Waals surface area contributed by atoms with E-state index >= 15 is 0 Å². The van der Waals surface area contributed by atoms with Crippen molar-refractivity contribution in [2.45, 2.75) is 26.7 Å². The van der Waals surface area contributed by atoms with Gasteiger partial charge in [0.1, 0.15) is 0 Å². The van der Waals surface area contributed by atoms with Gasteiger partial charge in [-0.3, -0.25) is 10.0 Å². The predicted octanol–water partition coefficient (Wildman–Crippen LogP) is -0.452. The first-order chi connectivity index (χ1) is 8.23. The van der Waals surface area contributed by atoms with Crippen molar-refractivity contribution in [3.8, 4) is 0 Å². The van der Waals surface area contributed by atoms with Gasteiger partial charge in [0.05, 0.1) is 0 Å². The summed E-state index contributed by atoms with van der Waals surface area (Å²) in [5.74, 6) is 11.3. The molecular weight excluding hydrogens is 236 g/mol. The Morgan fingerprint density at radius 2 is 1.17 bits per heavy atom. The van der Waals surface area contributed by atoms with E-state index in [1.807, 2.05) is 13.8 Å². The quantitative estimate of drug-likeness (QED) is 0.279. The number of hydrogen-bond acceptors (Lipinski definition) is 4. The Balaban J connectivity index is 3.87. The van der Waals surface area contributed by atoms with E-state index in [4.69, 9.17) is 23.2 Å². The Morgan fingerprint density at radius 3 is 1.39 bits per heavy atom. The highest BCUT2D eigenvalue weighted by atomic mass is 16.2. The van der Waals surface area contributed by atoms with Crippen LogP contribution in [0.2, 0.25) is 0 Å². The van der Waals surface area contributed by atoms with E-state index in [0.29, 0.717) is 13.1 Å². The van der Waals surface area contributed by atoms with Gasteiger partial charge >= 0.3 is 12.1 Å². The van der Waals surface area contributed by atoms with E-state index in [0.717, 1.165) is 22.9 Å². The van der Waals surface area contributed by atoms with E-state index in [1.165, 1.54) is 0 Å².